The maximum atomic E-state index is 13.9. The molecule has 1 aliphatic rings. The Balaban J connectivity index is 1.73. The van der Waals surface area contributed by atoms with Crippen molar-refractivity contribution in [3.05, 3.63) is 112 Å². The molecule has 1 unspecified atom stereocenters. The number of hydrogen-bond acceptors (Lipinski definition) is 5. The summed E-state index contributed by atoms with van der Waals surface area (Å²) in [5.41, 5.74) is 3.87. The van der Waals surface area contributed by atoms with Gasteiger partial charge in [-0.05, 0) is 86.0 Å². The zero-order valence-corrected chi connectivity index (χ0v) is 20.5. The molecule has 0 saturated heterocycles. The van der Waals surface area contributed by atoms with E-state index in [2.05, 4.69) is 6.58 Å². The normalized spacial score (nSPS) is 14.7. The van der Waals surface area contributed by atoms with E-state index in [9.17, 15) is 9.59 Å². The summed E-state index contributed by atoms with van der Waals surface area (Å²) in [5.74, 6) is 1.02. The molecule has 2 heterocycles. The first-order valence-corrected chi connectivity index (χ1v) is 11.9. The number of ether oxygens (including phenoxy) is 2. The molecule has 6 nitrogen and oxygen atoms in total. The highest BCUT2D eigenvalue weighted by Gasteiger charge is 2.43. The highest BCUT2D eigenvalue weighted by Crippen LogP contribution is 2.42. The Bertz CT molecular complexity index is 1530. The number of carbonyl (C=O) groups is 1. The minimum atomic E-state index is -0.681. The van der Waals surface area contributed by atoms with Gasteiger partial charge < -0.3 is 13.9 Å². The van der Waals surface area contributed by atoms with E-state index in [-0.39, 0.29) is 17.1 Å². The van der Waals surface area contributed by atoms with Crippen LogP contribution < -0.4 is 19.8 Å². The number of aryl methyl sites for hydroxylation is 2. The molecule has 36 heavy (non-hydrogen) atoms. The lowest BCUT2D eigenvalue weighted by atomic mass is 9.97. The van der Waals surface area contributed by atoms with E-state index in [1.807, 2.05) is 81.4 Å². The number of carbonyl (C=O) groups excluding carboxylic acids is 1. The van der Waals surface area contributed by atoms with Crippen molar-refractivity contribution in [2.75, 3.05) is 18.1 Å². The van der Waals surface area contributed by atoms with Crippen molar-refractivity contribution in [3.63, 3.8) is 0 Å². The van der Waals surface area contributed by atoms with Crippen LogP contribution in [0.1, 0.15) is 45.8 Å². The maximum absolute atomic E-state index is 13.9. The number of rotatable bonds is 7. The Labute approximate surface area is 209 Å². The van der Waals surface area contributed by atoms with Gasteiger partial charge >= 0.3 is 0 Å². The van der Waals surface area contributed by atoms with Crippen LogP contribution in [0.15, 0.2) is 82.5 Å². The second-order valence-corrected chi connectivity index (χ2v) is 8.78. The van der Waals surface area contributed by atoms with E-state index < -0.39 is 6.04 Å². The minimum absolute atomic E-state index is 0.0621. The first kappa shape index (κ1) is 23.4. The van der Waals surface area contributed by atoms with E-state index >= 15 is 0 Å². The van der Waals surface area contributed by atoms with Crippen molar-refractivity contribution >= 4 is 22.6 Å². The first-order valence-electron chi connectivity index (χ1n) is 11.9. The van der Waals surface area contributed by atoms with Crippen molar-refractivity contribution in [1.29, 1.82) is 0 Å². The topological polar surface area (TPSA) is 69.0 Å². The summed E-state index contributed by atoms with van der Waals surface area (Å²) < 4.78 is 17.5. The lowest BCUT2D eigenvalue weighted by molar-refractivity contribution is 0.0971. The van der Waals surface area contributed by atoms with Gasteiger partial charge in [-0.2, -0.15) is 0 Å². The zero-order valence-electron chi connectivity index (χ0n) is 20.5. The van der Waals surface area contributed by atoms with Crippen molar-refractivity contribution in [2.24, 2.45) is 0 Å². The van der Waals surface area contributed by atoms with Gasteiger partial charge in [0.05, 0.1) is 23.6 Å². The summed E-state index contributed by atoms with van der Waals surface area (Å²) in [7, 11) is 0. The van der Waals surface area contributed by atoms with E-state index in [1.54, 1.807) is 11.0 Å². The average molecular weight is 482 g/mol. The summed E-state index contributed by atoms with van der Waals surface area (Å²) >= 11 is 0. The fraction of sp³-hybridized carbons (Fsp3) is 0.200. The number of amides is 1. The molecule has 1 aromatic heterocycles. The van der Waals surface area contributed by atoms with Crippen molar-refractivity contribution in [2.45, 2.75) is 26.8 Å². The van der Waals surface area contributed by atoms with E-state index in [4.69, 9.17) is 13.9 Å². The second kappa shape index (κ2) is 9.38. The van der Waals surface area contributed by atoms with Crippen LogP contribution in [0.5, 0.6) is 11.5 Å². The Hall–Kier alpha value is -4.32. The fourth-order valence-corrected chi connectivity index (χ4v) is 4.61. The molecule has 5 rings (SSSR count). The van der Waals surface area contributed by atoms with Gasteiger partial charge in [0.1, 0.15) is 23.7 Å². The summed E-state index contributed by atoms with van der Waals surface area (Å²) in [6.45, 7) is 10.4. The molecule has 0 spiro atoms. The Morgan fingerprint density at radius 2 is 1.72 bits per heavy atom. The molecule has 0 aliphatic carbocycles. The van der Waals surface area contributed by atoms with Crippen LogP contribution >= 0.6 is 0 Å². The summed E-state index contributed by atoms with van der Waals surface area (Å²) in [4.78, 5) is 29.3. The van der Waals surface area contributed by atoms with E-state index in [1.165, 1.54) is 0 Å². The van der Waals surface area contributed by atoms with Crippen LogP contribution in [0.2, 0.25) is 0 Å². The van der Waals surface area contributed by atoms with Gasteiger partial charge in [0.15, 0.2) is 5.43 Å². The fourth-order valence-electron chi connectivity index (χ4n) is 4.61. The molecular weight excluding hydrogens is 454 g/mol. The van der Waals surface area contributed by atoms with Gasteiger partial charge in [0.25, 0.3) is 5.91 Å². The lowest BCUT2D eigenvalue weighted by Gasteiger charge is -2.25. The largest absolute Gasteiger partial charge is 0.494 e. The summed E-state index contributed by atoms with van der Waals surface area (Å²) in [6, 6.07) is 17.7. The van der Waals surface area contributed by atoms with Gasteiger partial charge in [0.2, 0.25) is 5.76 Å². The van der Waals surface area contributed by atoms with Crippen LogP contribution in [0.4, 0.5) is 5.69 Å². The number of anilines is 1. The molecule has 0 radical (unpaired) electrons. The minimum Gasteiger partial charge on any atom is -0.494 e. The highest BCUT2D eigenvalue weighted by molar-refractivity contribution is 6.10. The number of hydrogen-bond donors (Lipinski definition) is 0. The molecule has 0 N–H and O–H groups in total. The molecule has 0 bridgehead atoms. The van der Waals surface area contributed by atoms with E-state index in [0.717, 1.165) is 16.7 Å². The highest BCUT2D eigenvalue weighted by atomic mass is 16.5. The molecule has 4 aromatic rings. The molecule has 0 fully saturated rings. The summed E-state index contributed by atoms with van der Waals surface area (Å²) in [5, 5.41) is 0.460. The molecule has 6 heteroatoms. The lowest BCUT2D eigenvalue weighted by Crippen LogP contribution is -2.29. The second-order valence-electron chi connectivity index (χ2n) is 8.78. The van der Waals surface area contributed by atoms with E-state index in [0.29, 0.717) is 46.9 Å². The third kappa shape index (κ3) is 3.94. The smallest absolute Gasteiger partial charge is 0.295 e. The SMILES string of the molecule is C=CCOc1cccc(C2c3c(oc4cc(C)c(C)cc4c3=O)C(=O)N2c2ccc(OCC)cc2)c1. The van der Waals surface area contributed by atoms with Crippen LogP contribution in [-0.2, 0) is 0 Å². The van der Waals surface area contributed by atoms with Gasteiger partial charge in [-0.15, -0.1) is 0 Å². The molecule has 3 aromatic carbocycles. The zero-order chi connectivity index (χ0) is 25.4. The average Bonchev–Trinajstić information content (AvgIpc) is 3.17. The molecule has 182 valence electrons. The first-order chi connectivity index (χ1) is 17.4. The van der Waals surface area contributed by atoms with Crippen molar-refractivity contribution in [3.8, 4) is 11.5 Å². The van der Waals surface area contributed by atoms with Gasteiger partial charge in [-0.3, -0.25) is 14.5 Å². The predicted octanol–water partition coefficient (Wildman–Crippen LogP) is 6.12. The Morgan fingerprint density at radius 1 is 0.972 bits per heavy atom. The predicted molar refractivity (Wildman–Crippen MR) is 140 cm³/mol. The number of fused-ring (bicyclic) bond motifs is 2. The molecule has 1 atom stereocenters. The third-order valence-corrected chi connectivity index (χ3v) is 6.45. The standard InChI is InChI=1S/C30H27NO5/c1-5-14-35-23-9-7-8-20(17-23)27-26-28(32)24-15-18(3)19(4)16-25(24)36-29(26)30(33)31(27)21-10-12-22(13-11-21)34-6-2/h5,7-13,15-17,27H,1,6,14H2,2-4H3. The monoisotopic (exact) mass is 481 g/mol. The number of nitrogens with zero attached hydrogens (tertiary/aromatic N) is 1. The van der Waals surface area contributed by atoms with Gasteiger partial charge in [-0.1, -0.05) is 24.8 Å². The Morgan fingerprint density at radius 3 is 2.44 bits per heavy atom. The van der Waals surface area contributed by atoms with Crippen LogP contribution in [0, 0.1) is 13.8 Å². The van der Waals surface area contributed by atoms with Crippen LogP contribution in [0.3, 0.4) is 0 Å². The van der Waals surface area contributed by atoms with Crippen LogP contribution in [0.25, 0.3) is 11.0 Å². The molecule has 1 amide bonds. The molecule has 1 aliphatic heterocycles. The number of benzene rings is 3. The Kier molecular flexibility index (Phi) is 6.10. The molecular formula is C30H27NO5. The van der Waals surface area contributed by atoms with Crippen molar-refractivity contribution in [1.82, 2.24) is 0 Å². The molecule has 0 saturated carbocycles. The van der Waals surface area contributed by atoms with Crippen LogP contribution in [-0.4, -0.2) is 19.1 Å². The summed E-state index contributed by atoms with van der Waals surface area (Å²) in [6.07, 6.45) is 1.67. The maximum Gasteiger partial charge on any atom is 0.295 e. The quantitative estimate of drug-likeness (QED) is 0.297. The van der Waals surface area contributed by atoms with Crippen molar-refractivity contribution < 1.29 is 18.7 Å². The van der Waals surface area contributed by atoms with Gasteiger partial charge in [-0.25, -0.2) is 0 Å². The third-order valence-electron chi connectivity index (χ3n) is 6.45. The van der Waals surface area contributed by atoms with Gasteiger partial charge in [0, 0.05) is 5.69 Å².